The van der Waals surface area contributed by atoms with E-state index in [0.29, 0.717) is 18.1 Å². The third-order valence-corrected chi connectivity index (χ3v) is 1.87. The molecule has 0 atom stereocenters. The van der Waals surface area contributed by atoms with E-state index < -0.39 is 18.5 Å². The maximum Gasteiger partial charge on any atom is 0.344 e. The fourth-order valence-electron chi connectivity index (χ4n) is 1.17. The smallest absolute Gasteiger partial charge is 0.344 e. The van der Waals surface area contributed by atoms with Crippen LogP contribution in [0.15, 0.2) is 24.3 Å². The van der Waals surface area contributed by atoms with Gasteiger partial charge in [0, 0.05) is 0 Å². The molecule has 1 aromatic carbocycles. The maximum atomic E-state index is 11.2. The zero-order valence-electron chi connectivity index (χ0n) is 10.0. The molecule has 0 saturated carbocycles. The van der Waals surface area contributed by atoms with Gasteiger partial charge >= 0.3 is 5.97 Å². The summed E-state index contributed by atoms with van der Waals surface area (Å²) >= 11 is 0. The minimum Gasteiger partial charge on any atom is -0.490 e. The van der Waals surface area contributed by atoms with Crippen LogP contribution in [0.5, 0.6) is 11.5 Å². The van der Waals surface area contributed by atoms with E-state index in [1.807, 2.05) is 6.92 Å². The molecule has 18 heavy (non-hydrogen) atoms. The van der Waals surface area contributed by atoms with Crippen molar-refractivity contribution < 1.29 is 23.8 Å². The molecule has 98 valence electrons. The van der Waals surface area contributed by atoms with Crippen LogP contribution in [-0.2, 0) is 14.3 Å². The molecule has 0 unspecified atom stereocenters. The molecule has 1 amide bonds. The van der Waals surface area contributed by atoms with E-state index in [2.05, 4.69) is 4.74 Å². The van der Waals surface area contributed by atoms with E-state index in [9.17, 15) is 9.59 Å². The van der Waals surface area contributed by atoms with Crippen LogP contribution in [0.3, 0.4) is 0 Å². The van der Waals surface area contributed by atoms with Gasteiger partial charge in [-0.25, -0.2) is 4.79 Å². The lowest BCUT2D eigenvalue weighted by molar-refractivity contribution is -0.149. The second kappa shape index (κ2) is 7.16. The summed E-state index contributed by atoms with van der Waals surface area (Å²) in [5, 5.41) is 0. The van der Waals surface area contributed by atoms with E-state index in [4.69, 9.17) is 15.2 Å². The van der Waals surface area contributed by atoms with E-state index in [0.717, 1.165) is 0 Å². The highest BCUT2D eigenvalue weighted by Gasteiger charge is 2.09. The number of nitrogens with two attached hydrogens (primary N) is 1. The minimum absolute atomic E-state index is 0.308. The first-order valence-electron chi connectivity index (χ1n) is 5.42. The van der Waals surface area contributed by atoms with E-state index in [-0.39, 0.29) is 6.61 Å². The van der Waals surface area contributed by atoms with Crippen molar-refractivity contribution in [1.29, 1.82) is 0 Å². The molecular weight excluding hydrogens is 238 g/mol. The Kier molecular flexibility index (Phi) is 5.50. The van der Waals surface area contributed by atoms with Crippen molar-refractivity contribution in [2.45, 2.75) is 6.92 Å². The first-order chi connectivity index (χ1) is 8.63. The highest BCUT2D eigenvalue weighted by Crippen LogP contribution is 2.26. The van der Waals surface area contributed by atoms with Crippen molar-refractivity contribution in [3.05, 3.63) is 24.3 Å². The molecule has 0 fully saturated rings. The number of hydrogen-bond donors (Lipinski definition) is 1. The molecule has 0 aliphatic rings. The van der Waals surface area contributed by atoms with E-state index >= 15 is 0 Å². The second-order valence-corrected chi connectivity index (χ2v) is 3.30. The van der Waals surface area contributed by atoms with Crippen molar-refractivity contribution in [2.75, 3.05) is 19.8 Å². The molecule has 0 spiro atoms. The predicted molar refractivity (Wildman–Crippen MR) is 63.3 cm³/mol. The molecule has 1 rings (SSSR count). The molecule has 0 heterocycles. The molecule has 6 nitrogen and oxygen atoms in total. The largest absolute Gasteiger partial charge is 0.490 e. The molecule has 0 radical (unpaired) electrons. The van der Waals surface area contributed by atoms with Crippen LogP contribution in [0.1, 0.15) is 6.92 Å². The predicted octanol–water partition coefficient (Wildman–Crippen LogP) is 0.493. The molecule has 0 aromatic heterocycles. The van der Waals surface area contributed by atoms with Crippen molar-refractivity contribution in [3.63, 3.8) is 0 Å². The number of rotatable bonds is 7. The Bertz CT molecular complexity index is 419. The van der Waals surface area contributed by atoms with Crippen LogP contribution >= 0.6 is 0 Å². The van der Waals surface area contributed by atoms with Gasteiger partial charge in [-0.1, -0.05) is 12.1 Å². The summed E-state index contributed by atoms with van der Waals surface area (Å²) in [6.45, 7) is 1.58. The summed E-state index contributed by atoms with van der Waals surface area (Å²) in [5.74, 6) is -0.392. The van der Waals surface area contributed by atoms with Gasteiger partial charge < -0.3 is 19.9 Å². The number of carbonyl (C=O) groups excluding carboxylic acids is 2. The van der Waals surface area contributed by atoms with Crippen molar-refractivity contribution in [1.82, 2.24) is 0 Å². The van der Waals surface area contributed by atoms with E-state index in [1.54, 1.807) is 24.3 Å². The number of carbonyl (C=O) groups is 2. The Labute approximate surface area is 105 Å². The molecule has 0 aliphatic carbocycles. The SMILES string of the molecule is CCOc1ccccc1OCC(=O)OCC(N)=O. The molecule has 1 aromatic rings. The minimum atomic E-state index is -0.710. The lowest BCUT2D eigenvalue weighted by Crippen LogP contribution is -2.23. The van der Waals surface area contributed by atoms with Gasteiger partial charge in [0.2, 0.25) is 0 Å². The van der Waals surface area contributed by atoms with Gasteiger partial charge in [-0.15, -0.1) is 0 Å². The first kappa shape index (κ1) is 13.8. The molecule has 0 aliphatic heterocycles. The number of hydrogen-bond acceptors (Lipinski definition) is 5. The van der Waals surface area contributed by atoms with Gasteiger partial charge in [-0.05, 0) is 19.1 Å². The average Bonchev–Trinajstić information content (AvgIpc) is 2.35. The second-order valence-electron chi connectivity index (χ2n) is 3.30. The Morgan fingerprint density at radius 1 is 1.11 bits per heavy atom. The van der Waals surface area contributed by atoms with Gasteiger partial charge in [0.25, 0.3) is 5.91 Å². The Balaban J connectivity index is 2.47. The number of ether oxygens (including phenoxy) is 3. The summed E-state index contributed by atoms with van der Waals surface area (Å²) in [6.07, 6.45) is 0. The maximum absolute atomic E-state index is 11.2. The summed E-state index contributed by atoms with van der Waals surface area (Å²) in [5.41, 5.74) is 4.83. The molecular formula is C12H15NO5. The summed E-state index contributed by atoms with van der Waals surface area (Å²) in [4.78, 5) is 21.6. The van der Waals surface area contributed by atoms with Gasteiger partial charge in [0.15, 0.2) is 24.7 Å². The van der Waals surface area contributed by atoms with Crippen molar-refractivity contribution in [3.8, 4) is 11.5 Å². The lowest BCUT2D eigenvalue weighted by atomic mass is 10.3. The van der Waals surface area contributed by atoms with Gasteiger partial charge in [0.05, 0.1) is 6.61 Å². The standard InChI is InChI=1S/C12H15NO5/c1-2-16-9-5-3-4-6-10(9)17-8-12(15)18-7-11(13)14/h3-6H,2,7-8H2,1H3,(H2,13,14). The van der Waals surface area contributed by atoms with Crippen LogP contribution in [0, 0.1) is 0 Å². The third kappa shape index (κ3) is 4.73. The average molecular weight is 253 g/mol. The lowest BCUT2D eigenvalue weighted by Gasteiger charge is -2.10. The Morgan fingerprint density at radius 3 is 2.28 bits per heavy atom. The van der Waals surface area contributed by atoms with Crippen LogP contribution in [0.4, 0.5) is 0 Å². The zero-order chi connectivity index (χ0) is 13.4. The quantitative estimate of drug-likeness (QED) is 0.714. The van der Waals surface area contributed by atoms with Gasteiger partial charge in [-0.2, -0.15) is 0 Å². The number of benzene rings is 1. The molecule has 6 heteroatoms. The molecule has 0 bridgehead atoms. The van der Waals surface area contributed by atoms with Crippen LogP contribution in [-0.4, -0.2) is 31.7 Å². The van der Waals surface area contributed by atoms with Crippen LogP contribution in [0.2, 0.25) is 0 Å². The highest BCUT2D eigenvalue weighted by molar-refractivity contribution is 5.79. The Morgan fingerprint density at radius 2 is 1.72 bits per heavy atom. The van der Waals surface area contributed by atoms with Gasteiger partial charge in [0.1, 0.15) is 0 Å². The first-order valence-corrected chi connectivity index (χ1v) is 5.42. The van der Waals surface area contributed by atoms with Crippen LogP contribution < -0.4 is 15.2 Å². The normalized spacial score (nSPS) is 9.61. The fourth-order valence-corrected chi connectivity index (χ4v) is 1.17. The summed E-state index contributed by atoms with van der Waals surface area (Å²) in [6, 6.07) is 6.95. The highest BCUT2D eigenvalue weighted by atomic mass is 16.6. The monoisotopic (exact) mass is 253 g/mol. The number of primary amides is 1. The van der Waals surface area contributed by atoms with Crippen molar-refractivity contribution in [2.24, 2.45) is 5.73 Å². The zero-order valence-corrected chi connectivity index (χ0v) is 10.0. The summed E-state index contributed by atoms with van der Waals surface area (Å²) in [7, 11) is 0. The third-order valence-electron chi connectivity index (χ3n) is 1.87. The molecule has 2 N–H and O–H groups in total. The van der Waals surface area contributed by atoms with E-state index in [1.165, 1.54) is 0 Å². The number of amides is 1. The van der Waals surface area contributed by atoms with Crippen molar-refractivity contribution >= 4 is 11.9 Å². The van der Waals surface area contributed by atoms with Gasteiger partial charge in [-0.3, -0.25) is 4.79 Å². The number of para-hydroxylation sites is 2. The topological polar surface area (TPSA) is 87.8 Å². The number of esters is 1. The Hall–Kier alpha value is -2.24. The van der Waals surface area contributed by atoms with Crippen LogP contribution in [0.25, 0.3) is 0 Å². The molecule has 0 saturated heterocycles. The fraction of sp³-hybridized carbons (Fsp3) is 0.333. The summed E-state index contributed by atoms with van der Waals surface area (Å²) < 4.78 is 15.1.